The molecule has 0 aliphatic heterocycles. The second-order valence-electron chi connectivity index (χ2n) is 3.68. The van der Waals surface area contributed by atoms with Crippen LogP contribution in [-0.2, 0) is 0 Å². The molecule has 0 atom stereocenters. The molecule has 0 radical (unpaired) electrons. The minimum absolute atomic E-state index is 0.994. The van der Waals surface area contributed by atoms with Gasteiger partial charge in [0.05, 0.1) is 11.9 Å². The number of likely N-dealkylation sites (N-methyl/N-ethyl adjacent to an activating group) is 2. The minimum atomic E-state index is 0.994. The second-order valence-corrected chi connectivity index (χ2v) is 3.68. The molecule has 0 aromatic carbocycles. The number of rotatable bonds is 7. The third kappa shape index (κ3) is 6.40. The molecule has 0 saturated carbocycles. The molecule has 16 heavy (non-hydrogen) atoms. The van der Waals surface area contributed by atoms with Crippen LogP contribution in [0.1, 0.15) is 27.7 Å². The molecule has 0 spiro atoms. The van der Waals surface area contributed by atoms with E-state index < -0.39 is 0 Å². The number of nitrogens with one attached hydrogen (secondary N) is 1. The summed E-state index contributed by atoms with van der Waals surface area (Å²) in [6.45, 7) is 11.2. The lowest BCUT2D eigenvalue weighted by Crippen LogP contribution is -2.29. The number of nitrogens with zero attached hydrogens (tertiary/aromatic N) is 2. The molecule has 0 amide bonds. The van der Waals surface area contributed by atoms with Crippen LogP contribution in [0.5, 0.6) is 0 Å². The minimum Gasteiger partial charge on any atom is -0.372 e. The predicted molar refractivity (Wildman–Crippen MR) is 72.9 cm³/mol. The first-order valence-electron chi connectivity index (χ1n) is 5.90. The van der Waals surface area contributed by atoms with Gasteiger partial charge in [0.1, 0.15) is 0 Å². The first-order chi connectivity index (χ1) is 7.65. The maximum absolute atomic E-state index is 4.37. The van der Waals surface area contributed by atoms with Crippen LogP contribution in [-0.4, -0.2) is 37.8 Å². The molecule has 0 heterocycles. The molecule has 0 saturated heterocycles. The molecule has 92 valence electrons. The van der Waals surface area contributed by atoms with Gasteiger partial charge in [0, 0.05) is 25.8 Å². The smallest absolute Gasteiger partial charge is 0.0506 e. The first kappa shape index (κ1) is 14.9. The van der Waals surface area contributed by atoms with E-state index in [-0.39, 0.29) is 0 Å². The average molecular weight is 223 g/mol. The largest absolute Gasteiger partial charge is 0.372 e. The van der Waals surface area contributed by atoms with Crippen LogP contribution < -0.4 is 5.32 Å². The summed E-state index contributed by atoms with van der Waals surface area (Å²) >= 11 is 0. The number of aliphatic imine (C=N–C) groups is 1. The number of hydrogen-bond acceptors (Lipinski definition) is 3. The molecule has 0 rings (SSSR count). The van der Waals surface area contributed by atoms with E-state index in [2.05, 4.69) is 35.3 Å². The topological polar surface area (TPSA) is 27.6 Å². The fourth-order valence-electron chi connectivity index (χ4n) is 1.19. The second kappa shape index (κ2) is 9.16. The van der Waals surface area contributed by atoms with Gasteiger partial charge in [-0.15, -0.1) is 0 Å². The van der Waals surface area contributed by atoms with Crippen molar-refractivity contribution in [1.29, 1.82) is 0 Å². The molecular formula is C13H25N3. The Morgan fingerprint density at radius 2 is 2.00 bits per heavy atom. The molecule has 0 aliphatic carbocycles. The Kier molecular flexibility index (Phi) is 8.53. The molecule has 3 heteroatoms. The average Bonchev–Trinajstić information content (AvgIpc) is 2.29. The Morgan fingerprint density at radius 1 is 1.31 bits per heavy atom. The standard InChI is InChI=1S/C13H25N3/c1-6-12(4)15-11-13(7-2)16(5)10-9-14-8-3/h6-7,11,14H,8-10H2,1-5H3/b12-6-,13-7+,15-11+. The van der Waals surface area contributed by atoms with Gasteiger partial charge in [-0.3, -0.25) is 4.99 Å². The van der Waals surface area contributed by atoms with Gasteiger partial charge < -0.3 is 10.2 Å². The van der Waals surface area contributed by atoms with Gasteiger partial charge in [-0.2, -0.15) is 0 Å². The van der Waals surface area contributed by atoms with Crippen molar-refractivity contribution in [2.75, 3.05) is 26.7 Å². The lowest BCUT2D eigenvalue weighted by atomic mass is 10.3. The fraction of sp³-hybridized carbons (Fsp3) is 0.615. The van der Waals surface area contributed by atoms with Crippen LogP contribution >= 0.6 is 0 Å². The summed E-state index contributed by atoms with van der Waals surface area (Å²) in [4.78, 5) is 6.57. The Hall–Kier alpha value is -1.09. The summed E-state index contributed by atoms with van der Waals surface area (Å²) in [6.07, 6.45) is 6.00. The molecule has 0 bridgehead atoms. The third-order valence-electron chi connectivity index (χ3n) is 2.43. The summed E-state index contributed by atoms with van der Waals surface area (Å²) < 4.78 is 0. The van der Waals surface area contributed by atoms with Crippen LogP contribution in [0.15, 0.2) is 28.5 Å². The van der Waals surface area contributed by atoms with Gasteiger partial charge in [-0.05, 0) is 27.3 Å². The van der Waals surface area contributed by atoms with Crippen LogP contribution in [0.4, 0.5) is 0 Å². The Bertz CT molecular complexity index is 264. The van der Waals surface area contributed by atoms with Crippen molar-refractivity contribution in [3.8, 4) is 0 Å². The van der Waals surface area contributed by atoms with Crippen LogP contribution in [0, 0.1) is 0 Å². The van der Waals surface area contributed by atoms with E-state index in [0.29, 0.717) is 0 Å². The maximum Gasteiger partial charge on any atom is 0.0506 e. The highest BCUT2D eigenvalue weighted by molar-refractivity contribution is 5.78. The molecule has 3 nitrogen and oxygen atoms in total. The van der Waals surface area contributed by atoms with Gasteiger partial charge >= 0.3 is 0 Å². The van der Waals surface area contributed by atoms with Crippen molar-refractivity contribution >= 4 is 6.21 Å². The van der Waals surface area contributed by atoms with Crippen LogP contribution in [0.2, 0.25) is 0 Å². The highest BCUT2D eigenvalue weighted by Gasteiger charge is 1.99. The van der Waals surface area contributed by atoms with Crippen molar-refractivity contribution in [3.63, 3.8) is 0 Å². The highest BCUT2D eigenvalue weighted by atomic mass is 15.1. The third-order valence-corrected chi connectivity index (χ3v) is 2.43. The van der Waals surface area contributed by atoms with E-state index >= 15 is 0 Å². The van der Waals surface area contributed by atoms with Crippen molar-refractivity contribution in [1.82, 2.24) is 10.2 Å². The van der Waals surface area contributed by atoms with Gasteiger partial charge in [0.15, 0.2) is 0 Å². The molecule has 0 aromatic heterocycles. The zero-order valence-corrected chi connectivity index (χ0v) is 11.2. The SMILES string of the molecule is C\C=C(C)/N=C/C(=C\C)N(C)CCNCC. The molecule has 0 aliphatic rings. The van der Waals surface area contributed by atoms with Gasteiger partial charge in [-0.1, -0.05) is 19.1 Å². The molecule has 1 N–H and O–H groups in total. The van der Waals surface area contributed by atoms with Crippen molar-refractivity contribution < 1.29 is 0 Å². The van der Waals surface area contributed by atoms with Crippen LogP contribution in [0.25, 0.3) is 0 Å². The van der Waals surface area contributed by atoms with Crippen molar-refractivity contribution in [3.05, 3.63) is 23.5 Å². The summed E-state index contributed by atoms with van der Waals surface area (Å²) in [5, 5.41) is 3.31. The fourth-order valence-corrected chi connectivity index (χ4v) is 1.19. The van der Waals surface area contributed by atoms with E-state index in [4.69, 9.17) is 0 Å². The Balaban J connectivity index is 4.23. The number of hydrogen-bond donors (Lipinski definition) is 1. The molecule has 0 aromatic rings. The van der Waals surface area contributed by atoms with E-state index in [1.807, 2.05) is 33.1 Å². The number of allylic oxidation sites excluding steroid dienone is 4. The first-order valence-corrected chi connectivity index (χ1v) is 5.90. The Labute approximate surface area is 99.9 Å². The van der Waals surface area contributed by atoms with E-state index in [1.54, 1.807) is 0 Å². The quantitative estimate of drug-likeness (QED) is 0.530. The zero-order chi connectivity index (χ0) is 12.4. The lowest BCUT2D eigenvalue weighted by molar-refractivity contribution is 0.429. The summed E-state index contributed by atoms with van der Waals surface area (Å²) in [5.41, 5.74) is 2.19. The van der Waals surface area contributed by atoms with E-state index in [1.165, 1.54) is 0 Å². The monoisotopic (exact) mass is 223 g/mol. The normalized spacial score (nSPS) is 13.6. The summed E-state index contributed by atoms with van der Waals surface area (Å²) in [6, 6.07) is 0. The molecule has 0 fully saturated rings. The van der Waals surface area contributed by atoms with Gasteiger partial charge in [-0.25, -0.2) is 0 Å². The van der Waals surface area contributed by atoms with Gasteiger partial charge in [0.25, 0.3) is 0 Å². The van der Waals surface area contributed by atoms with Crippen molar-refractivity contribution in [2.45, 2.75) is 27.7 Å². The lowest BCUT2D eigenvalue weighted by Gasteiger charge is -2.19. The van der Waals surface area contributed by atoms with Crippen LogP contribution in [0.3, 0.4) is 0 Å². The maximum atomic E-state index is 4.37. The summed E-state index contributed by atoms with van der Waals surface area (Å²) in [7, 11) is 2.09. The van der Waals surface area contributed by atoms with Gasteiger partial charge in [0.2, 0.25) is 0 Å². The van der Waals surface area contributed by atoms with Crippen molar-refractivity contribution in [2.24, 2.45) is 4.99 Å². The summed E-state index contributed by atoms with van der Waals surface area (Å²) in [5.74, 6) is 0. The zero-order valence-electron chi connectivity index (χ0n) is 11.2. The Morgan fingerprint density at radius 3 is 2.50 bits per heavy atom. The predicted octanol–water partition coefficient (Wildman–Crippen LogP) is 2.43. The highest BCUT2D eigenvalue weighted by Crippen LogP contribution is 2.00. The van der Waals surface area contributed by atoms with E-state index in [0.717, 1.165) is 31.0 Å². The molecule has 0 unspecified atom stereocenters. The molecular weight excluding hydrogens is 198 g/mol. The van der Waals surface area contributed by atoms with E-state index in [9.17, 15) is 0 Å².